The van der Waals surface area contributed by atoms with Crippen LogP contribution in [0.15, 0.2) is 28.5 Å². The lowest BCUT2D eigenvalue weighted by Gasteiger charge is -2.20. The summed E-state index contributed by atoms with van der Waals surface area (Å²) in [7, 11) is 1.66. The van der Waals surface area contributed by atoms with Crippen molar-refractivity contribution in [1.29, 1.82) is 0 Å². The summed E-state index contributed by atoms with van der Waals surface area (Å²) in [6.07, 6.45) is 3.55. The summed E-state index contributed by atoms with van der Waals surface area (Å²) in [6.45, 7) is 0. The van der Waals surface area contributed by atoms with E-state index in [4.69, 9.17) is 4.74 Å². The molecule has 2 fully saturated rings. The average molecular weight is 303 g/mol. The van der Waals surface area contributed by atoms with Crippen LogP contribution < -0.4 is 4.74 Å². The lowest BCUT2D eigenvalue weighted by Crippen LogP contribution is -2.25. The van der Waals surface area contributed by atoms with Crippen molar-refractivity contribution in [2.24, 2.45) is 17.0 Å². The number of rotatable bonds is 3. The van der Waals surface area contributed by atoms with Gasteiger partial charge in [0.05, 0.1) is 29.1 Å². The third kappa shape index (κ3) is 2.09. The summed E-state index contributed by atoms with van der Waals surface area (Å²) in [5.74, 6) is 1.91. The number of H-pyrrole nitrogens is 1. The smallest absolute Gasteiger partial charge is 0.167 e. The van der Waals surface area contributed by atoms with Crippen LogP contribution in [0.1, 0.15) is 19.3 Å². The number of ether oxygens (including phenoxy) is 1. The van der Waals surface area contributed by atoms with Crippen molar-refractivity contribution >= 4 is 28.5 Å². The maximum Gasteiger partial charge on any atom is 0.167 e. The van der Waals surface area contributed by atoms with E-state index in [1.165, 1.54) is 12.8 Å². The molecule has 1 heterocycles. The number of nitrogens with zero attached hydrogens (tertiary/aromatic N) is 2. The Balaban J connectivity index is 1.62. The zero-order valence-corrected chi connectivity index (χ0v) is 12.6. The second kappa shape index (κ2) is 4.94. The SMILES string of the molecule is COc1ccc2nc(S[C@H]3/C(=N/O)[C@H]4CC[C@@H]3C4)[nH]c2c1. The van der Waals surface area contributed by atoms with Crippen molar-refractivity contribution in [3.05, 3.63) is 18.2 Å². The van der Waals surface area contributed by atoms with E-state index in [2.05, 4.69) is 15.1 Å². The van der Waals surface area contributed by atoms with Gasteiger partial charge in [0, 0.05) is 12.0 Å². The van der Waals surface area contributed by atoms with E-state index in [0.717, 1.165) is 34.1 Å². The van der Waals surface area contributed by atoms with Gasteiger partial charge in [-0.3, -0.25) is 0 Å². The predicted octanol–water partition coefficient (Wildman–Crippen LogP) is 3.29. The Bertz CT molecular complexity index is 712. The highest BCUT2D eigenvalue weighted by Gasteiger charge is 2.46. The number of imidazole rings is 1. The number of aromatic nitrogens is 2. The molecule has 5 nitrogen and oxygen atoms in total. The summed E-state index contributed by atoms with van der Waals surface area (Å²) < 4.78 is 5.23. The Hall–Kier alpha value is -1.69. The Labute approximate surface area is 126 Å². The number of nitrogens with one attached hydrogen (secondary N) is 1. The van der Waals surface area contributed by atoms with Gasteiger partial charge in [-0.15, -0.1) is 0 Å². The average Bonchev–Trinajstić information content (AvgIpc) is 3.19. The van der Waals surface area contributed by atoms with Gasteiger partial charge in [0.2, 0.25) is 0 Å². The van der Waals surface area contributed by atoms with Crippen LogP contribution in [0.25, 0.3) is 11.0 Å². The first-order valence-corrected chi connectivity index (χ1v) is 8.08. The second-order valence-corrected chi connectivity index (χ2v) is 6.89. The zero-order chi connectivity index (χ0) is 14.4. The van der Waals surface area contributed by atoms with Crippen molar-refractivity contribution < 1.29 is 9.94 Å². The molecule has 2 aliphatic rings. The van der Waals surface area contributed by atoms with E-state index in [0.29, 0.717) is 11.8 Å². The highest BCUT2D eigenvalue weighted by Crippen LogP contribution is 2.49. The van der Waals surface area contributed by atoms with Gasteiger partial charge in [-0.2, -0.15) is 0 Å². The maximum absolute atomic E-state index is 9.27. The Morgan fingerprint density at radius 2 is 2.33 bits per heavy atom. The van der Waals surface area contributed by atoms with Crippen molar-refractivity contribution in [2.45, 2.75) is 29.7 Å². The fraction of sp³-hybridized carbons (Fsp3) is 0.467. The van der Waals surface area contributed by atoms with Crippen LogP contribution in [0.3, 0.4) is 0 Å². The summed E-state index contributed by atoms with van der Waals surface area (Å²) in [5, 5.41) is 14.0. The minimum atomic E-state index is 0.260. The molecule has 4 rings (SSSR count). The Morgan fingerprint density at radius 1 is 1.43 bits per heavy atom. The second-order valence-electron chi connectivity index (χ2n) is 5.76. The number of benzene rings is 1. The molecule has 21 heavy (non-hydrogen) atoms. The molecule has 0 spiro atoms. The monoisotopic (exact) mass is 303 g/mol. The van der Waals surface area contributed by atoms with Gasteiger partial charge in [-0.25, -0.2) is 4.98 Å². The molecule has 2 aromatic rings. The fourth-order valence-electron chi connectivity index (χ4n) is 3.60. The maximum atomic E-state index is 9.27. The minimum Gasteiger partial charge on any atom is -0.497 e. The van der Waals surface area contributed by atoms with Gasteiger partial charge >= 0.3 is 0 Å². The molecule has 0 radical (unpaired) electrons. The molecule has 110 valence electrons. The van der Waals surface area contributed by atoms with Gasteiger partial charge in [0.1, 0.15) is 5.75 Å². The van der Waals surface area contributed by atoms with Crippen molar-refractivity contribution in [3.8, 4) is 5.75 Å². The standard InChI is InChI=1S/C15H17N3O2S/c1-20-10-4-5-11-12(7-10)17-15(16-11)21-14-9-3-2-8(6-9)13(14)18-19/h4-5,7-9,14,19H,2-3,6H2,1H3,(H,16,17)/b18-13+/t8-,9+,14+/m0/s1. The molecule has 0 aliphatic heterocycles. The number of hydrogen-bond donors (Lipinski definition) is 2. The van der Waals surface area contributed by atoms with Crippen LogP contribution in [0.2, 0.25) is 0 Å². The molecule has 2 saturated carbocycles. The molecule has 6 heteroatoms. The highest BCUT2D eigenvalue weighted by atomic mass is 32.2. The van der Waals surface area contributed by atoms with E-state index < -0.39 is 0 Å². The molecule has 0 amide bonds. The number of fused-ring (bicyclic) bond motifs is 3. The first-order chi connectivity index (χ1) is 10.3. The summed E-state index contributed by atoms with van der Waals surface area (Å²) in [5.41, 5.74) is 2.86. The van der Waals surface area contributed by atoms with E-state index in [1.807, 2.05) is 18.2 Å². The molecule has 1 aromatic carbocycles. The zero-order valence-electron chi connectivity index (χ0n) is 11.7. The highest BCUT2D eigenvalue weighted by molar-refractivity contribution is 8.00. The molecular formula is C15H17N3O2S. The number of aromatic amines is 1. The molecule has 3 atom stereocenters. The van der Waals surface area contributed by atoms with E-state index in [1.54, 1.807) is 18.9 Å². The molecule has 2 aliphatic carbocycles. The van der Waals surface area contributed by atoms with Crippen LogP contribution in [0.5, 0.6) is 5.75 Å². The fourth-order valence-corrected chi connectivity index (χ4v) is 4.96. The van der Waals surface area contributed by atoms with Crippen molar-refractivity contribution in [2.75, 3.05) is 7.11 Å². The molecule has 2 N–H and O–H groups in total. The van der Waals surface area contributed by atoms with E-state index in [-0.39, 0.29) is 5.25 Å². The predicted molar refractivity (Wildman–Crippen MR) is 82.3 cm³/mol. The largest absolute Gasteiger partial charge is 0.497 e. The number of thioether (sulfide) groups is 1. The van der Waals surface area contributed by atoms with E-state index in [9.17, 15) is 5.21 Å². The van der Waals surface area contributed by atoms with Crippen molar-refractivity contribution in [1.82, 2.24) is 9.97 Å². The Kier molecular flexibility index (Phi) is 3.06. The summed E-state index contributed by atoms with van der Waals surface area (Å²) in [4.78, 5) is 7.96. The van der Waals surface area contributed by atoms with Crippen LogP contribution >= 0.6 is 11.8 Å². The first kappa shape index (κ1) is 13.0. The molecule has 1 aromatic heterocycles. The van der Waals surface area contributed by atoms with Gasteiger partial charge in [0.25, 0.3) is 0 Å². The van der Waals surface area contributed by atoms with Crippen molar-refractivity contribution in [3.63, 3.8) is 0 Å². The third-order valence-electron chi connectivity index (χ3n) is 4.63. The Morgan fingerprint density at radius 3 is 3.14 bits per heavy atom. The normalized spacial score (nSPS) is 29.6. The summed E-state index contributed by atoms with van der Waals surface area (Å²) in [6, 6.07) is 5.82. The third-order valence-corrected chi connectivity index (χ3v) is 5.93. The number of hydrogen-bond acceptors (Lipinski definition) is 5. The lowest BCUT2D eigenvalue weighted by molar-refractivity contribution is 0.314. The number of oxime groups is 1. The van der Waals surface area contributed by atoms with Gasteiger partial charge in [0.15, 0.2) is 5.16 Å². The molecule has 0 saturated heterocycles. The van der Waals surface area contributed by atoms with Crippen LogP contribution in [-0.4, -0.2) is 33.2 Å². The summed E-state index contributed by atoms with van der Waals surface area (Å²) >= 11 is 1.69. The lowest BCUT2D eigenvalue weighted by atomic mass is 9.98. The minimum absolute atomic E-state index is 0.260. The van der Waals surface area contributed by atoms with Gasteiger partial charge in [-0.05, 0) is 37.3 Å². The van der Waals surface area contributed by atoms with Gasteiger partial charge < -0.3 is 14.9 Å². The van der Waals surface area contributed by atoms with Crippen LogP contribution in [-0.2, 0) is 0 Å². The van der Waals surface area contributed by atoms with Gasteiger partial charge in [-0.1, -0.05) is 16.9 Å². The quantitative estimate of drug-likeness (QED) is 0.674. The molecule has 0 unspecified atom stereocenters. The number of methoxy groups -OCH3 is 1. The van der Waals surface area contributed by atoms with Crippen LogP contribution in [0, 0.1) is 11.8 Å². The van der Waals surface area contributed by atoms with E-state index >= 15 is 0 Å². The van der Waals surface area contributed by atoms with Crippen LogP contribution in [0.4, 0.5) is 0 Å². The molecular weight excluding hydrogens is 286 g/mol. The first-order valence-electron chi connectivity index (χ1n) is 7.20. The topological polar surface area (TPSA) is 70.5 Å². The molecule has 2 bridgehead atoms.